The van der Waals surface area contributed by atoms with E-state index >= 15 is 0 Å². The number of tetrazole rings is 1. The van der Waals surface area contributed by atoms with Crippen LogP contribution in [0.4, 0.5) is 0 Å². The van der Waals surface area contributed by atoms with E-state index in [9.17, 15) is 4.79 Å². The van der Waals surface area contributed by atoms with Gasteiger partial charge in [0.2, 0.25) is 0 Å². The molecule has 6 aromatic rings. The molecular formula is C37H32ClN5O2. The number of hydrogen-bond donors (Lipinski definition) is 0. The summed E-state index contributed by atoms with van der Waals surface area (Å²) in [7, 11) is 0. The molecule has 0 saturated carbocycles. The fourth-order valence-corrected chi connectivity index (χ4v) is 5.49. The van der Waals surface area contributed by atoms with Gasteiger partial charge >= 0.3 is 5.97 Å². The molecule has 1 atom stereocenters. The minimum Gasteiger partial charge on any atom is -0.456 e. The highest BCUT2D eigenvalue weighted by Crippen LogP contribution is 2.34. The lowest BCUT2D eigenvalue weighted by atomic mass is 9.87. The van der Waals surface area contributed by atoms with E-state index in [0.717, 1.165) is 45.6 Å². The Morgan fingerprint density at radius 2 is 1.62 bits per heavy atom. The predicted octanol–water partition coefficient (Wildman–Crippen LogP) is 8.37. The first-order valence-electron chi connectivity index (χ1n) is 14.7. The van der Waals surface area contributed by atoms with E-state index in [0.29, 0.717) is 10.6 Å². The largest absolute Gasteiger partial charge is 0.456 e. The van der Waals surface area contributed by atoms with Crippen molar-refractivity contribution in [3.8, 4) is 27.9 Å². The summed E-state index contributed by atoms with van der Waals surface area (Å²) < 4.78 is 7.22. The molecule has 0 spiro atoms. The monoisotopic (exact) mass is 613 g/mol. The normalized spacial score (nSPS) is 12.1. The molecule has 8 heteroatoms. The Morgan fingerprint density at radius 1 is 0.844 bits per heavy atom. The van der Waals surface area contributed by atoms with Crippen LogP contribution in [0.5, 0.6) is 0 Å². The van der Waals surface area contributed by atoms with Crippen LogP contribution in [0.1, 0.15) is 53.9 Å². The summed E-state index contributed by atoms with van der Waals surface area (Å²) >= 11 is 6.39. The minimum absolute atomic E-state index is 0.0196. The van der Waals surface area contributed by atoms with E-state index in [4.69, 9.17) is 21.3 Å². The number of carbonyl (C=O) groups is 1. The minimum atomic E-state index is -0.567. The number of nitrogens with zero attached hydrogens (tertiary/aromatic N) is 5. The summed E-state index contributed by atoms with van der Waals surface area (Å²) in [4.78, 5) is 17.8. The third-order valence-corrected chi connectivity index (χ3v) is 7.65. The Labute approximate surface area is 267 Å². The van der Waals surface area contributed by atoms with Gasteiger partial charge in [-0.3, -0.25) is 4.98 Å². The Morgan fingerprint density at radius 3 is 2.33 bits per heavy atom. The third kappa shape index (κ3) is 7.16. The number of rotatable bonds is 8. The zero-order valence-electron chi connectivity index (χ0n) is 25.3. The summed E-state index contributed by atoms with van der Waals surface area (Å²) in [6, 6.07) is 36.2. The van der Waals surface area contributed by atoms with Gasteiger partial charge in [-0.15, -0.1) is 5.10 Å². The topological polar surface area (TPSA) is 82.8 Å². The van der Waals surface area contributed by atoms with Crippen LogP contribution in [-0.4, -0.2) is 36.8 Å². The van der Waals surface area contributed by atoms with Crippen LogP contribution in [0.3, 0.4) is 0 Å². The average molecular weight is 614 g/mol. The molecule has 2 heterocycles. The number of ether oxygens (including phenoxy) is 1. The van der Waals surface area contributed by atoms with Crippen LogP contribution in [0.15, 0.2) is 122 Å². The molecular weight excluding hydrogens is 582 g/mol. The number of halogens is 1. The molecule has 0 N–H and O–H groups in total. The van der Waals surface area contributed by atoms with Crippen LogP contribution >= 0.6 is 11.6 Å². The quantitative estimate of drug-likeness (QED) is 0.160. The van der Waals surface area contributed by atoms with Gasteiger partial charge in [0.25, 0.3) is 0 Å². The van der Waals surface area contributed by atoms with Crippen LogP contribution in [0, 0.1) is 0 Å². The smallest absolute Gasteiger partial charge is 0.338 e. The van der Waals surface area contributed by atoms with Crippen molar-refractivity contribution in [1.29, 1.82) is 0 Å². The fourth-order valence-electron chi connectivity index (χ4n) is 5.32. The van der Waals surface area contributed by atoms with Crippen molar-refractivity contribution in [2.24, 2.45) is 0 Å². The summed E-state index contributed by atoms with van der Waals surface area (Å²) in [5.41, 5.74) is 7.76. The molecule has 7 nitrogen and oxygen atoms in total. The van der Waals surface area contributed by atoms with Gasteiger partial charge in [0.05, 0.1) is 11.3 Å². The number of esters is 1. The number of aromatic nitrogens is 5. The summed E-state index contributed by atoms with van der Waals surface area (Å²) in [5, 5.41) is 12.2. The first-order valence-corrected chi connectivity index (χ1v) is 15.1. The first-order chi connectivity index (χ1) is 21.7. The number of carbonyl (C=O) groups excluding carboxylic acids is 1. The molecule has 0 aliphatic rings. The molecule has 0 saturated heterocycles. The standard InChI is InChI=1S/C37H32ClN5O2/c1-37(2,3)45-36(44)29-14-8-12-27(21-29)26-11-7-13-28(20-26)32(19-25-9-5-4-6-10-25)34-17-15-30(23-39-34)33-22-31(38)16-18-35(33)43-24-40-41-42-43/h4-18,20-24,32H,19H2,1-3H3. The molecule has 0 amide bonds. The van der Waals surface area contributed by atoms with E-state index in [1.54, 1.807) is 17.1 Å². The van der Waals surface area contributed by atoms with Gasteiger partial charge in [-0.2, -0.15) is 4.68 Å². The molecule has 0 bridgehead atoms. The second-order valence-electron chi connectivity index (χ2n) is 11.8. The molecule has 0 aliphatic carbocycles. The Kier molecular flexibility index (Phi) is 8.54. The maximum absolute atomic E-state index is 12.8. The summed E-state index contributed by atoms with van der Waals surface area (Å²) in [5.74, 6) is -0.358. The lowest BCUT2D eigenvalue weighted by Gasteiger charge is -2.20. The number of pyridine rings is 1. The second-order valence-corrected chi connectivity index (χ2v) is 12.3. The van der Waals surface area contributed by atoms with Crippen LogP contribution in [-0.2, 0) is 11.2 Å². The molecule has 4 aromatic carbocycles. The summed E-state index contributed by atoms with van der Waals surface area (Å²) in [6.45, 7) is 5.61. The summed E-state index contributed by atoms with van der Waals surface area (Å²) in [6.07, 6.45) is 4.20. The first kappa shape index (κ1) is 29.9. The Hall–Kier alpha value is -5.14. The second kappa shape index (κ2) is 12.8. The van der Waals surface area contributed by atoms with Crippen molar-refractivity contribution >= 4 is 17.6 Å². The van der Waals surface area contributed by atoms with Gasteiger partial charge in [0.1, 0.15) is 11.9 Å². The highest BCUT2D eigenvalue weighted by Gasteiger charge is 2.20. The van der Waals surface area contributed by atoms with Crippen LogP contribution in [0.25, 0.3) is 27.9 Å². The van der Waals surface area contributed by atoms with Crippen molar-refractivity contribution < 1.29 is 9.53 Å². The molecule has 2 aromatic heterocycles. The van der Waals surface area contributed by atoms with Gasteiger partial charge < -0.3 is 4.74 Å². The Bertz CT molecular complexity index is 1920. The van der Waals surface area contributed by atoms with Crippen molar-refractivity contribution in [1.82, 2.24) is 25.2 Å². The zero-order chi connectivity index (χ0) is 31.4. The highest BCUT2D eigenvalue weighted by atomic mass is 35.5. The van der Waals surface area contributed by atoms with E-state index in [-0.39, 0.29) is 11.9 Å². The van der Waals surface area contributed by atoms with E-state index in [1.165, 1.54) is 5.56 Å². The van der Waals surface area contributed by atoms with E-state index < -0.39 is 5.60 Å². The van der Waals surface area contributed by atoms with Gasteiger partial charge in [0, 0.05) is 34.0 Å². The maximum atomic E-state index is 12.8. The van der Waals surface area contributed by atoms with Gasteiger partial charge in [-0.1, -0.05) is 84.4 Å². The van der Waals surface area contributed by atoms with Crippen molar-refractivity contribution in [3.05, 3.63) is 149 Å². The molecule has 0 radical (unpaired) electrons. The van der Waals surface area contributed by atoms with Gasteiger partial charge in [0.15, 0.2) is 0 Å². The van der Waals surface area contributed by atoms with Gasteiger partial charge in [-0.05, 0) is 96.3 Å². The molecule has 224 valence electrons. The predicted molar refractivity (Wildman–Crippen MR) is 176 cm³/mol. The molecule has 0 aliphatic heterocycles. The molecule has 1 unspecified atom stereocenters. The van der Waals surface area contributed by atoms with E-state index in [2.05, 4.69) is 76.2 Å². The average Bonchev–Trinajstić information content (AvgIpc) is 3.59. The van der Waals surface area contributed by atoms with Crippen molar-refractivity contribution in [2.45, 2.75) is 38.7 Å². The van der Waals surface area contributed by atoms with Gasteiger partial charge in [-0.25, -0.2) is 4.79 Å². The molecule has 45 heavy (non-hydrogen) atoms. The van der Waals surface area contributed by atoms with Crippen molar-refractivity contribution in [2.75, 3.05) is 0 Å². The van der Waals surface area contributed by atoms with Crippen LogP contribution < -0.4 is 0 Å². The SMILES string of the molecule is CC(C)(C)OC(=O)c1cccc(-c2cccc(C(Cc3ccccc3)c3ccc(-c4cc(Cl)ccc4-n4cnnn4)cn3)c2)c1. The maximum Gasteiger partial charge on any atom is 0.338 e. The third-order valence-electron chi connectivity index (χ3n) is 7.41. The van der Waals surface area contributed by atoms with Crippen LogP contribution in [0.2, 0.25) is 5.02 Å². The Balaban J connectivity index is 1.36. The molecule has 0 fully saturated rings. The number of benzene rings is 4. The number of hydrogen-bond acceptors (Lipinski definition) is 6. The zero-order valence-corrected chi connectivity index (χ0v) is 26.0. The van der Waals surface area contributed by atoms with Crippen molar-refractivity contribution in [3.63, 3.8) is 0 Å². The highest BCUT2D eigenvalue weighted by molar-refractivity contribution is 6.31. The fraction of sp³-hybridized carbons (Fsp3) is 0.162. The lowest BCUT2D eigenvalue weighted by Crippen LogP contribution is -2.23. The molecule has 6 rings (SSSR count). The lowest BCUT2D eigenvalue weighted by molar-refractivity contribution is 0.00695. The van der Waals surface area contributed by atoms with E-state index in [1.807, 2.05) is 69.4 Å².